The fraction of sp³-hybridized carbons (Fsp3) is 0.400. The third kappa shape index (κ3) is 3.36. The van der Waals surface area contributed by atoms with Gasteiger partial charge in [-0.2, -0.15) is 0 Å². The van der Waals surface area contributed by atoms with Crippen molar-refractivity contribution in [2.75, 3.05) is 33.3 Å². The Kier molecular flexibility index (Phi) is 6.05. The molecule has 0 N–H and O–H groups in total. The van der Waals surface area contributed by atoms with Crippen molar-refractivity contribution < 1.29 is 41.5 Å². The highest BCUT2D eigenvalue weighted by atomic mass is 32.2. The average Bonchev–Trinajstić information content (AvgIpc) is 3.55. The summed E-state index contributed by atoms with van der Waals surface area (Å²) in [6.45, 7) is 2.90. The maximum atomic E-state index is 14.3. The zero-order valence-electron chi connectivity index (χ0n) is 22.0. The normalized spacial score (nSPS) is 23.6. The maximum Gasteiger partial charge on any atom is 0.357 e. The molecule has 13 nitrogen and oxygen atoms in total. The fourth-order valence-electron chi connectivity index (χ4n) is 6.06. The average molecular weight is 559 g/mol. The molecule has 1 fully saturated rings. The number of likely N-dealkylation sites (N-methyl/N-ethyl adjacent to an activating group) is 1. The molecule has 3 aliphatic heterocycles. The summed E-state index contributed by atoms with van der Waals surface area (Å²) in [5.74, 6) is -2.79. The first-order chi connectivity index (χ1) is 18.5. The Bertz CT molecular complexity index is 1570. The molecule has 0 saturated carbocycles. The summed E-state index contributed by atoms with van der Waals surface area (Å²) in [6.07, 6.45) is -0.137. The number of rotatable bonds is 5. The Morgan fingerprint density at radius 3 is 2.31 bits per heavy atom. The lowest BCUT2D eigenvalue weighted by atomic mass is 9.69. The molecular weight excluding hydrogens is 532 g/mol. The SMILES string of the molecule is COC(=O)C1=C(C(=O)OC)[C@@H]2N(C)c3ccccc3[C@@]23C[C@@H](C(=O)OC)N(S(=O)(=O)c2c(C)noc2C)C3=N1. The van der Waals surface area contributed by atoms with E-state index in [1.54, 1.807) is 36.2 Å². The van der Waals surface area contributed by atoms with Gasteiger partial charge >= 0.3 is 17.9 Å². The number of nitrogens with zero attached hydrogens (tertiary/aromatic N) is 4. The smallest absolute Gasteiger partial charge is 0.357 e. The van der Waals surface area contributed by atoms with E-state index in [1.807, 2.05) is 0 Å². The van der Waals surface area contributed by atoms with Crippen molar-refractivity contribution in [1.29, 1.82) is 0 Å². The van der Waals surface area contributed by atoms with E-state index in [9.17, 15) is 22.8 Å². The van der Waals surface area contributed by atoms with Gasteiger partial charge < -0.3 is 23.6 Å². The number of para-hydroxylation sites is 1. The summed E-state index contributed by atoms with van der Waals surface area (Å²) in [6, 6.07) is 4.75. The van der Waals surface area contributed by atoms with Gasteiger partial charge in [0.1, 0.15) is 17.6 Å². The maximum absolute atomic E-state index is 14.3. The summed E-state index contributed by atoms with van der Waals surface area (Å²) in [5.41, 5.74) is -0.559. The van der Waals surface area contributed by atoms with Gasteiger partial charge in [0, 0.05) is 12.7 Å². The Morgan fingerprint density at radius 1 is 1.05 bits per heavy atom. The minimum Gasteiger partial charge on any atom is -0.467 e. The van der Waals surface area contributed by atoms with E-state index in [0.29, 0.717) is 11.3 Å². The highest BCUT2D eigenvalue weighted by molar-refractivity contribution is 7.89. The van der Waals surface area contributed by atoms with Crippen LogP contribution in [0.25, 0.3) is 0 Å². The van der Waals surface area contributed by atoms with Crippen LogP contribution in [0.15, 0.2) is 49.9 Å². The van der Waals surface area contributed by atoms with Gasteiger partial charge in [-0.05, 0) is 31.9 Å². The fourth-order valence-corrected chi connectivity index (χ4v) is 7.99. The molecule has 206 valence electrons. The zero-order valence-corrected chi connectivity index (χ0v) is 22.9. The molecule has 0 unspecified atom stereocenters. The van der Waals surface area contributed by atoms with Gasteiger partial charge in [0.15, 0.2) is 16.4 Å². The van der Waals surface area contributed by atoms with Gasteiger partial charge in [0.2, 0.25) is 0 Å². The van der Waals surface area contributed by atoms with Crippen LogP contribution in [0, 0.1) is 13.8 Å². The predicted molar refractivity (Wildman–Crippen MR) is 134 cm³/mol. The summed E-state index contributed by atoms with van der Waals surface area (Å²) >= 11 is 0. The van der Waals surface area contributed by atoms with Crippen LogP contribution in [-0.2, 0) is 44.0 Å². The van der Waals surface area contributed by atoms with Crippen molar-refractivity contribution in [3.8, 4) is 0 Å². The molecule has 2 aromatic rings. The van der Waals surface area contributed by atoms with E-state index in [1.165, 1.54) is 21.0 Å². The number of aliphatic imine (C=N–C) groups is 1. The highest BCUT2D eigenvalue weighted by Crippen LogP contribution is 2.58. The first-order valence-corrected chi connectivity index (χ1v) is 13.3. The molecule has 0 bridgehead atoms. The molecule has 14 heteroatoms. The number of carbonyl (C=O) groups excluding carboxylic acids is 3. The van der Waals surface area contributed by atoms with Crippen LogP contribution in [0.5, 0.6) is 0 Å². The second-order valence-electron chi connectivity index (χ2n) is 9.38. The van der Waals surface area contributed by atoms with E-state index in [0.717, 1.165) is 18.5 Å². The van der Waals surface area contributed by atoms with Crippen molar-refractivity contribution in [2.24, 2.45) is 4.99 Å². The van der Waals surface area contributed by atoms with Crippen molar-refractivity contribution in [2.45, 2.75) is 42.7 Å². The Hall–Kier alpha value is -4.20. The summed E-state index contributed by atoms with van der Waals surface area (Å²) in [7, 11) is 0.575. The molecule has 4 heterocycles. The van der Waals surface area contributed by atoms with Crippen molar-refractivity contribution in [1.82, 2.24) is 9.46 Å². The lowest BCUT2D eigenvalue weighted by Crippen LogP contribution is -2.55. The van der Waals surface area contributed by atoms with E-state index in [4.69, 9.17) is 18.7 Å². The standard InChI is InChI=1S/C25H26N4O9S/c1-12-19(13(2)38-27-12)39(33,34)29-16(21(30)35-4)11-25-14-9-7-8-10-15(14)28(3)20(25)17(22(31)36-5)18(23(32)37-6)26-24(25)29/h7-10,16,20H,11H2,1-6H3/t16-,20-,25-/m0/s1. The molecule has 1 spiro atoms. The Labute approximate surface area is 224 Å². The zero-order chi connectivity index (χ0) is 28.4. The van der Waals surface area contributed by atoms with Crippen molar-refractivity contribution in [3.63, 3.8) is 0 Å². The van der Waals surface area contributed by atoms with E-state index < -0.39 is 51.1 Å². The van der Waals surface area contributed by atoms with Crippen LogP contribution < -0.4 is 4.90 Å². The molecule has 39 heavy (non-hydrogen) atoms. The number of carbonyl (C=O) groups is 3. The first-order valence-electron chi connectivity index (χ1n) is 11.8. The molecular formula is C25H26N4O9S. The number of hydrogen-bond acceptors (Lipinski definition) is 12. The number of ether oxygens (including phenoxy) is 3. The Balaban J connectivity index is 1.91. The molecule has 0 aliphatic carbocycles. The summed E-state index contributed by atoms with van der Waals surface area (Å²) in [5, 5.41) is 3.77. The lowest BCUT2D eigenvalue weighted by Gasteiger charge is -2.39. The molecule has 1 saturated heterocycles. The molecule has 3 atom stereocenters. The number of benzene rings is 1. The van der Waals surface area contributed by atoms with Crippen LogP contribution >= 0.6 is 0 Å². The number of anilines is 1. The third-order valence-electron chi connectivity index (χ3n) is 7.51. The van der Waals surface area contributed by atoms with Crippen LogP contribution in [0.1, 0.15) is 23.4 Å². The van der Waals surface area contributed by atoms with Gasteiger partial charge in [-0.3, -0.25) is 0 Å². The number of methoxy groups -OCH3 is 3. The van der Waals surface area contributed by atoms with Gasteiger partial charge in [-0.15, -0.1) is 0 Å². The van der Waals surface area contributed by atoms with Crippen LogP contribution in [-0.4, -0.2) is 82.1 Å². The third-order valence-corrected chi connectivity index (χ3v) is 9.56. The number of sulfonamides is 1. The number of fused-ring (bicyclic) bond motifs is 1. The van der Waals surface area contributed by atoms with Crippen LogP contribution in [0.2, 0.25) is 0 Å². The first kappa shape index (κ1) is 26.4. The number of aromatic nitrogens is 1. The second kappa shape index (κ2) is 8.93. The second-order valence-corrected chi connectivity index (χ2v) is 11.1. The topological polar surface area (TPSA) is 158 Å². The van der Waals surface area contributed by atoms with E-state index >= 15 is 0 Å². The molecule has 1 aromatic carbocycles. The minimum absolute atomic E-state index is 0.00736. The quantitative estimate of drug-likeness (QED) is 0.381. The summed E-state index contributed by atoms with van der Waals surface area (Å²) < 4.78 is 49.7. The van der Waals surface area contributed by atoms with Gasteiger partial charge in [0.25, 0.3) is 10.0 Å². The van der Waals surface area contributed by atoms with E-state index in [2.05, 4.69) is 10.1 Å². The van der Waals surface area contributed by atoms with Crippen molar-refractivity contribution in [3.05, 3.63) is 52.6 Å². The number of esters is 3. The Morgan fingerprint density at radius 2 is 1.72 bits per heavy atom. The van der Waals surface area contributed by atoms with Gasteiger partial charge in [0.05, 0.1) is 38.4 Å². The van der Waals surface area contributed by atoms with Gasteiger partial charge in [-0.1, -0.05) is 23.4 Å². The molecule has 0 amide bonds. The molecule has 1 aromatic heterocycles. The molecule has 0 radical (unpaired) electrons. The number of aryl methyl sites for hydroxylation is 2. The monoisotopic (exact) mass is 558 g/mol. The van der Waals surface area contributed by atoms with Crippen LogP contribution in [0.4, 0.5) is 5.69 Å². The largest absolute Gasteiger partial charge is 0.467 e. The number of amidine groups is 1. The predicted octanol–water partition coefficient (Wildman–Crippen LogP) is 0.996. The minimum atomic E-state index is -4.56. The van der Waals surface area contributed by atoms with Crippen LogP contribution in [0.3, 0.4) is 0 Å². The van der Waals surface area contributed by atoms with E-state index in [-0.39, 0.29) is 34.2 Å². The van der Waals surface area contributed by atoms with Gasteiger partial charge in [-0.25, -0.2) is 32.1 Å². The summed E-state index contributed by atoms with van der Waals surface area (Å²) in [4.78, 5) is 45.5. The van der Waals surface area contributed by atoms with Crippen molar-refractivity contribution >= 4 is 39.5 Å². The number of hydrogen-bond donors (Lipinski definition) is 0. The molecule has 5 rings (SSSR count). The highest BCUT2D eigenvalue weighted by Gasteiger charge is 2.68. The lowest BCUT2D eigenvalue weighted by molar-refractivity contribution is -0.144. The molecule has 3 aliphatic rings.